The van der Waals surface area contributed by atoms with Crippen molar-refractivity contribution in [2.45, 2.75) is 0 Å². The summed E-state index contributed by atoms with van der Waals surface area (Å²) >= 11 is 6.13. The van der Waals surface area contributed by atoms with Crippen LogP contribution >= 0.6 is 11.6 Å². The molecule has 40 heavy (non-hydrogen) atoms. The smallest absolute Gasteiger partial charge is 0.233 e. The van der Waals surface area contributed by atoms with Crippen molar-refractivity contribution in [2.24, 2.45) is 0 Å². The molecule has 0 atom stereocenters. The normalized spacial score (nSPS) is 13.8. The van der Waals surface area contributed by atoms with Gasteiger partial charge in [-0.25, -0.2) is 4.39 Å². The first kappa shape index (κ1) is 25.7. The van der Waals surface area contributed by atoms with Crippen LogP contribution in [-0.4, -0.2) is 58.1 Å². The molecule has 0 amide bonds. The van der Waals surface area contributed by atoms with E-state index in [0.29, 0.717) is 28.6 Å². The molecule has 9 nitrogen and oxygen atoms in total. The third-order valence-electron chi connectivity index (χ3n) is 6.62. The molecule has 3 heterocycles. The van der Waals surface area contributed by atoms with Crippen molar-refractivity contribution >= 4 is 63.1 Å². The van der Waals surface area contributed by atoms with Gasteiger partial charge in [-0.3, -0.25) is 4.98 Å². The van der Waals surface area contributed by atoms with Crippen LogP contribution in [0.15, 0.2) is 79.0 Å². The molecule has 1 saturated heterocycles. The molecular weight excluding hydrogens is 529 g/mol. The van der Waals surface area contributed by atoms with Crippen molar-refractivity contribution in [3.63, 3.8) is 0 Å². The fraction of sp³-hybridized carbons (Fsp3) is 0.172. The number of pyridine rings is 1. The Bertz CT molecular complexity index is 1640. The van der Waals surface area contributed by atoms with E-state index < -0.39 is 0 Å². The highest BCUT2D eigenvalue weighted by Crippen LogP contribution is 2.28. The number of nitrogens with zero attached hydrogens (tertiary/aromatic N) is 6. The standard InChI is InChI=1S/C29H27ClFN9/c1-39-13-15-40(16-14-39)29-37-27(36-28(38-29)35-23-4-2-3-20(31)18-23)34-22-8-6-21(7-9-22)33-25-11-12-32-26-17-19(30)5-10-24(25)26/h2-12,17-18H,13-16H2,1H3,(H,32,33)(H2,34,35,36,37,38). The van der Waals surface area contributed by atoms with Gasteiger partial charge in [-0.1, -0.05) is 17.7 Å². The molecule has 0 unspecified atom stereocenters. The molecule has 3 aromatic carbocycles. The number of benzene rings is 3. The van der Waals surface area contributed by atoms with E-state index in [9.17, 15) is 4.39 Å². The van der Waals surface area contributed by atoms with Crippen LogP contribution in [0.3, 0.4) is 0 Å². The second kappa shape index (κ2) is 11.3. The Labute approximate surface area is 236 Å². The molecule has 6 rings (SSSR count). The van der Waals surface area contributed by atoms with Gasteiger partial charge in [0.15, 0.2) is 0 Å². The van der Waals surface area contributed by atoms with Crippen molar-refractivity contribution in [2.75, 3.05) is 54.1 Å². The van der Waals surface area contributed by atoms with E-state index in [1.54, 1.807) is 18.3 Å². The number of aromatic nitrogens is 4. The number of piperazine rings is 1. The van der Waals surface area contributed by atoms with Gasteiger partial charge in [0.2, 0.25) is 17.8 Å². The zero-order chi connectivity index (χ0) is 27.5. The minimum Gasteiger partial charge on any atom is -0.355 e. The van der Waals surface area contributed by atoms with Crippen molar-refractivity contribution in [1.29, 1.82) is 0 Å². The topological polar surface area (TPSA) is 94.1 Å². The molecule has 202 valence electrons. The molecule has 1 fully saturated rings. The number of hydrogen-bond acceptors (Lipinski definition) is 9. The van der Waals surface area contributed by atoms with Gasteiger partial charge in [-0.15, -0.1) is 0 Å². The van der Waals surface area contributed by atoms with Crippen LogP contribution in [0.5, 0.6) is 0 Å². The number of hydrogen-bond donors (Lipinski definition) is 3. The Morgan fingerprint density at radius 3 is 2.17 bits per heavy atom. The largest absolute Gasteiger partial charge is 0.355 e. The summed E-state index contributed by atoms with van der Waals surface area (Å²) < 4.78 is 13.8. The first-order valence-electron chi connectivity index (χ1n) is 12.9. The van der Waals surface area contributed by atoms with Crippen molar-refractivity contribution < 1.29 is 4.39 Å². The van der Waals surface area contributed by atoms with Gasteiger partial charge in [0, 0.05) is 65.5 Å². The van der Waals surface area contributed by atoms with E-state index in [0.717, 1.165) is 54.1 Å². The molecule has 0 spiro atoms. The number of rotatable bonds is 7. The van der Waals surface area contributed by atoms with Crippen LogP contribution < -0.4 is 20.9 Å². The minimum absolute atomic E-state index is 0.333. The fourth-order valence-corrected chi connectivity index (χ4v) is 4.64. The molecular formula is C29H27ClFN9. The van der Waals surface area contributed by atoms with E-state index in [2.05, 4.69) is 47.7 Å². The second-order valence-corrected chi connectivity index (χ2v) is 9.99. The summed E-state index contributed by atoms with van der Waals surface area (Å²) in [6, 6.07) is 21.6. The van der Waals surface area contributed by atoms with Crippen LogP contribution in [-0.2, 0) is 0 Å². The van der Waals surface area contributed by atoms with E-state index in [1.807, 2.05) is 48.5 Å². The number of nitrogens with one attached hydrogen (secondary N) is 3. The summed E-state index contributed by atoms with van der Waals surface area (Å²) in [6.07, 6.45) is 1.76. The lowest BCUT2D eigenvalue weighted by atomic mass is 10.2. The van der Waals surface area contributed by atoms with Gasteiger partial charge in [0.05, 0.1) is 5.52 Å². The maximum absolute atomic E-state index is 13.8. The average molecular weight is 556 g/mol. The predicted octanol–water partition coefficient (Wildman–Crippen LogP) is 6.19. The monoisotopic (exact) mass is 555 g/mol. The summed E-state index contributed by atoms with van der Waals surface area (Å²) in [6.45, 7) is 3.43. The molecule has 0 bridgehead atoms. The van der Waals surface area contributed by atoms with Gasteiger partial charge in [-0.05, 0) is 73.8 Å². The Kier molecular flexibility index (Phi) is 7.26. The molecule has 5 aromatic rings. The minimum atomic E-state index is -0.339. The molecule has 0 aliphatic carbocycles. The van der Waals surface area contributed by atoms with Crippen LogP contribution in [0.25, 0.3) is 10.9 Å². The maximum atomic E-state index is 13.8. The van der Waals surface area contributed by atoms with Gasteiger partial charge in [0.25, 0.3) is 0 Å². The number of fused-ring (bicyclic) bond motifs is 1. The Morgan fingerprint density at radius 2 is 1.45 bits per heavy atom. The summed E-state index contributed by atoms with van der Waals surface area (Å²) in [7, 11) is 2.10. The summed E-state index contributed by atoms with van der Waals surface area (Å²) in [5, 5.41) is 11.5. The van der Waals surface area contributed by atoms with Crippen molar-refractivity contribution in [1.82, 2.24) is 24.8 Å². The van der Waals surface area contributed by atoms with Crippen LogP contribution in [0.2, 0.25) is 5.02 Å². The lowest BCUT2D eigenvalue weighted by Crippen LogP contribution is -2.45. The first-order valence-corrected chi connectivity index (χ1v) is 13.3. The number of anilines is 7. The number of likely N-dealkylation sites (N-methyl/N-ethyl adjacent to an activating group) is 1. The van der Waals surface area contributed by atoms with E-state index >= 15 is 0 Å². The van der Waals surface area contributed by atoms with Crippen molar-refractivity contribution in [3.8, 4) is 0 Å². The summed E-state index contributed by atoms with van der Waals surface area (Å²) in [5.41, 5.74) is 4.04. The van der Waals surface area contributed by atoms with Crippen LogP contribution in [0.1, 0.15) is 0 Å². The van der Waals surface area contributed by atoms with Crippen LogP contribution in [0.4, 0.5) is 45.0 Å². The van der Waals surface area contributed by atoms with E-state index in [4.69, 9.17) is 16.6 Å². The summed E-state index contributed by atoms with van der Waals surface area (Å²) in [5.74, 6) is 0.946. The van der Waals surface area contributed by atoms with Crippen LogP contribution in [0, 0.1) is 5.82 Å². The second-order valence-electron chi connectivity index (χ2n) is 9.56. The molecule has 3 N–H and O–H groups in total. The molecule has 1 aliphatic heterocycles. The van der Waals surface area contributed by atoms with Gasteiger partial charge >= 0.3 is 0 Å². The highest BCUT2D eigenvalue weighted by Gasteiger charge is 2.19. The zero-order valence-corrected chi connectivity index (χ0v) is 22.5. The lowest BCUT2D eigenvalue weighted by Gasteiger charge is -2.32. The molecule has 11 heteroatoms. The number of halogens is 2. The molecule has 1 aliphatic rings. The Balaban J connectivity index is 1.23. The molecule has 0 radical (unpaired) electrons. The van der Waals surface area contributed by atoms with E-state index in [-0.39, 0.29) is 5.82 Å². The van der Waals surface area contributed by atoms with Gasteiger partial charge in [-0.2, -0.15) is 15.0 Å². The molecule has 2 aromatic heterocycles. The highest BCUT2D eigenvalue weighted by molar-refractivity contribution is 6.31. The zero-order valence-electron chi connectivity index (χ0n) is 21.8. The van der Waals surface area contributed by atoms with Gasteiger partial charge < -0.3 is 25.8 Å². The Morgan fingerprint density at radius 1 is 0.750 bits per heavy atom. The average Bonchev–Trinajstić information content (AvgIpc) is 2.94. The maximum Gasteiger partial charge on any atom is 0.233 e. The quantitative estimate of drug-likeness (QED) is 0.217. The third kappa shape index (κ3) is 6.03. The lowest BCUT2D eigenvalue weighted by molar-refractivity contribution is 0.311. The highest BCUT2D eigenvalue weighted by atomic mass is 35.5. The predicted molar refractivity (Wildman–Crippen MR) is 159 cm³/mol. The molecule has 0 saturated carbocycles. The van der Waals surface area contributed by atoms with Crippen molar-refractivity contribution in [3.05, 3.63) is 89.8 Å². The fourth-order valence-electron chi connectivity index (χ4n) is 4.47. The van der Waals surface area contributed by atoms with Gasteiger partial charge in [0.1, 0.15) is 5.82 Å². The Hall–Kier alpha value is -4.54. The first-order chi connectivity index (χ1) is 19.5. The summed E-state index contributed by atoms with van der Waals surface area (Å²) in [4.78, 5) is 22.7. The SMILES string of the molecule is CN1CCN(c2nc(Nc3ccc(Nc4ccnc5cc(Cl)ccc45)cc3)nc(Nc3cccc(F)c3)n2)CC1. The van der Waals surface area contributed by atoms with E-state index in [1.165, 1.54) is 12.1 Å². The third-order valence-corrected chi connectivity index (χ3v) is 6.85.